The van der Waals surface area contributed by atoms with Crippen LogP contribution in [-0.2, 0) is 4.74 Å². The molecule has 0 radical (unpaired) electrons. The number of nitrogens with one attached hydrogen (secondary N) is 1. The molecule has 220 valence electrons. The van der Waals surface area contributed by atoms with E-state index in [0.29, 0.717) is 35.7 Å². The molecule has 0 fully saturated rings. The van der Waals surface area contributed by atoms with Gasteiger partial charge >= 0.3 is 0 Å². The summed E-state index contributed by atoms with van der Waals surface area (Å²) in [4.78, 5) is 31.0. The molecule has 1 aliphatic heterocycles. The van der Waals surface area contributed by atoms with E-state index in [9.17, 15) is 14.7 Å². The summed E-state index contributed by atoms with van der Waals surface area (Å²) in [6.07, 6.45) is 3.62. The lowest BCUT2D eigenvalue weighted by Gasteiger charge is -2.35. The number of hydrogen-bond acceptors (Lipinski definition) is 6. The molecule has 2 amide bonds. The van der Waals surface area contributed by atoms with Gasteiger partial charge in [0.15, 0.2) is 0 Å². The summed E-state index contributed by atoms with van der Waals surface area (Å²) in [7, 11) is 2.10. The summed E-state index contributed by atoms with van der Waals surface area (Å²) in [5.41, 5.74) is 1.40. The molecule has 0 saturated heterocycles. The number of carbonyl (C=O) groups is 2. The molecule has 3 rings (SSSR count). The number of carbonyl (C=O) groups excluding carboxylic acids is 2. The van der Waals surface area contributed by atoms with Gasteiger partial charge in [-0.05, 0) is 83.5 Å². The summed E-state index contributed by atoms with van der Waals surface area (Å²) in [5.74, 6) is 0.00713. The second-order valence-electron chi connectivity index (χ2n) is 11.1. The number of fused-ring (bicyclic) bond motifs is 1. The normalized spacial score (nSPS) is 21.7. The third-order valence-corrected chi connectivity index (χ3v) is 7.44. The van der Waals surface area contributed by atoms with Gasteiger partial charge in [0, 0.05) is 36.9 Å². The van der Waals surface area contributed by atoms with E-state index in [1.165, 1.54) is 0 Å². The third kappa shape index (κ3) is 9.04. The number of aliphatic hydroxyl groups is 1. The van der Waals surface area contributed by atoms with Crippen molar-refractivity contribution < 1.29 is 24.2 Å². The minimum atomic E-state index is -0.412. The van der Waals surface area contributed by atoms with Gasteiger partial charge in [0.05, 0.1) is 30.4 Å². The number of amides is 2. The predicted octanol–water partition coefficient (Wildman–Crippen LogP) is 5.08. The molecule has 2 aromatic carbocycles. The maximum Gasteiger partial charge on any atom is 0.258 e. The maximum atomic E-state index is 14.2. The number of likely N-dealkylation sites (N-methyl/N-ethyl adjacent to an activating group) is 1. The Labute approximate surface area is 239 Å². The fourth-order valence-electron chi connectivity index (χ4n) is 5.04. The van der Waals surface area contributed by atoms with Crippen molar-refractivity contribution in [2.24, 2.45) is 5.92 Å². The van der Waals surface area contributed by atoms with Crippen molar-refractivity contribution >= 4 is 17.5 Å². The zero-order valence-electron chi connectivity index (χ0n) is 24.8. The molecule has 40 heavy (non-hydrogen) atoms. The van der Waals surface area contributed by atoms with E-state index < -0.39 is 6.04 Å². The molecule has 0 aliphatic carbocycles. The summed E-state index contributed by atoms with van der Waals surface area (Å²) in [6, 6.07) is 13.8. The van der Waals surface area contributed by atoms with Crippen LogP contribution in [0.5, 0.6) is 5.75 Å². The van der Waals surface area contributed by atoms with Gasteiger partial charge in [-0.3, -0.25) is 9.59 Å². The lowest BCUT2D eigenvalue weighted by molar-refractivity contribution is -0.0167. The largest absolute Gasteiger partial charge is 0.490 e. The van der Waals surface area contributed by atoms with E-state index in [1.807, 2.05) is 32.0 Å². The van der Waals surface area contributed by atoms with E-state index >= 15 is 0 Å². The number of aliphatic hydroxyl groups excluding tert-OH is 1. The summed E-state index contributed by atoms with van der Waals surface area (Å²) in [5, 5.41) is 13.0. The molecule has 0 aromatic heterocycles. The SMILES string of the molecule is CCCN(C)C[C@H]1OCCCC[C@@H](C)Oc2ccc(NC(=O)c3ccccc3)cc2C(=O)N([C@H](C)CO)C[C@@H]1C. The number of hydrogen-bond donors (Lipinski definition) is 2. The molecular formula is C32H47N3O5. The first kappa shape index (κ1) is 31.6. The van der Waals surface area contributed by atoms with Crippen molar-refractivity contribution in [1.29, 1.82) is 0 Å². The van der Waals surface area contributed by atoms with Crippen molar-refractivity contribution in [3.8, 4) is 5.75 Å². The van der Waals surface area contributed by atoms with Crippen LogP contribution in [-0.4, -0.2) is 84.9 Å². The fourth-order valence-corrected chi connectivity index (χ4v) is 5.04. The molecule has 0 bridgehead atoms. The van der Waals surface area contributed by atoms with Crippen LogP contribution < -0.4 is 10.1 Å². The smallest absolute Gasteiger partial charge is 0.258 e. The maximum absolute atomic E-state index is 14.2. The first-order valence-corrected chi connectivity index (χ1v) is 14.6. The summed E-state index contributed by atoms with van der Waals surface area (Å²) < 4.78 is 12.7. The quantitative estimate of drug-likeness (QED) is 0.474. The first-order chi connectivity index (χ1) is 19.2. The fraction of sp³-hybridized carbons (Fsp3) is 0.562. The van der Waals surface area contributed by atoms with Crippen LogP contribution in [0.4, 0.5) is 5.69 Å². The molecule has 0 unspecified atom stereocenters. The Bertz CT molecular complexity index is 1080. The summed E-state index contributed by atoms with van der Waals surface area (Å²) >= 11 is 0. The molecule has 2 aromatic rings. The standard InChI is InChI=1S/C32H47N3O5/c1-6-17-34(5)21-30-23(2)20-35(24(3)22-36)32(38)28-19-27(33-31(37)26-13-8-7-9-14-26)15-16-29(28)40-25(4)12-10-11-18-39-30/h7-9,13-16,19,23-25,30,36H,6,10-12,17-18,20-22H2,1-5H3,(H,33,37)/t23-,24+,25+,30+/m0/s1. The highest BCUT2D eigenvalue weighted by atomic mass is 16.5. The number of benzene rings is 2. The molecule has 0 saturated carbocycles. The molecule has 0 spiro atoms. The Morgan fingerprint density at radius 2 is 1.93 bits per heavy atom. The highest BCUT2D eigenvalue weighted by Gasteiger charge is 2.30. The van der Waals surface area contributed by atoms with Crippen LogP contribution in [0.25, 0.3) is 0 Å². The van der Waals surface area contributed by atoms with Crippen molar-refractivity contribution in [3.63, 3.8) is 0 Å². The van der Waals surface area contributed by atoms with Crippen LogP contribution in [0.15, 0.2) is 48.5 Å². The van der Waals surface area contributed by atoms with Crippen molar-refractivity contribution in [2.45, 2.75) is 71.6 Å². The minimum Gasteiger partial charge on any atom is -0.490 e. The van der Waals surface area contributed by atoms with Gasteiger partial charge in [0.2, 0.25) is 0 Å². The number of ether oxygens (including phenoxy) is 2. The monoisotopic (exact) mass is 553 g/mol. The highest BCUT2D eigenvalue weighted by molar-refractivity contribution is 6.05. The van der Waals surface area contributed by atoms with Gasteiger partial charge in [-0.25, -0.2) is 0 Å². The van der Waals surface area contributed by atoms with Crippen molar-refractivity contribution in [2.75, 3.05) is 45.2 Å². The van der Waals surface area contributed by atoms with Crippen molar-refractivity contribution in [3.05, 3.63) is 59.7 Å². The predicted molar refractivity (Wildman–Crippen MR) is 159 cm³/mol. The molecule has 4 atom stereocenters. The first-order valence-electron chi connectivity index (χ1n) is 14.6. The second kappa shape index (κ2) is 15.7. The Morgan fingerprint density at radius 1 is 1.18 bits per heavy atom. The summed E-state index contributed by atoms with van der Waals surface area (Å²) in [6.45, 7) is 10.8. The van der Waals surface area contributed by atoms with Gasteiger partial charge in [-0.15, -0.1) is 0 Å². The second-order valence-corrected chi connectivity index (χ2v) is 11.1. The van der Waals surface area contributed by atoms with Gasteiger partial charge in [0.25, 0.3) is 11.8 Å². The van der Waals surface area contributed by atoms with E-state index in [-0.39, 0.29) is 36.5 Å². The molecular weight excluding hydrogens is 506 g/mol. The van der Waals surface area contributed by atoms with Crippen LogP contribution in [0, 0.1) is 5.92 Å². The Hall–Kier alpha value is -2.94. The molecule has 1 heterocycles. The zero-order valence-corrected chi connectivity index (χ0v) is 24.8. The van der Waals surface area contributed by atoms with Gasteiger partial charge in [0.1, 0.15) is 5.75 Å². The van der Waals surface area contributed by atoms with Crippen molar-refractivity contribution in [1.82, 2.24) is 9.80 Å². The lowest BCUT2D eigenvalue weighted by Crippen LogP contribution is -2.47. The average Bonchev–Trinajstić information content (AvgIpc) is 2.95. The third-order valence-electron chi connectivity index (χ3n) is 7.44. The Kier molecular flexibility index (Phi) is 12.4. The highest BCUT2D eigenvalue weighted by Crippen LogP contribution is 2.28. The minimum absolute atomic E-state index is 0.0319. The van der Waals surface area contributed by atoms with E-state index in [4.69, 9.17) is 9.47 Å². The van der Waals surface area contributed by atoms with Crippen LogP contribution >= 0.6 is 0 Å². The average molecular weight is 554 g/mol. The van der Waals surface area contributed by atoms with Gasteiger partial charge < -0.3 is 29.7 Å². The molecule has 2 N–H and O–H groups in total. The van der Waals surface area contributed by atoms with E-state index in [1.54, 1.807) is 35.2 Å². The zero-order chi connectivity index (χ0) is 29.1. The topological polar surface area (TPSA) is 91.3 Å². The lowest BCUT2D eigenvalue weighted by atomic mass is 10.0. The van der Waals surface area contributed by atoms with Gasteiger partial charge in [-0.1, -0.05) is 32.0 Å². The number of anilines is 1. The molecule has 8 nitrogen and oxygen atoms in total. The number of nitrogens with zero attached hydrogens (tertiary/aromatic N) is 2. The van der Waals surface area contributed by atoms with Crippen LogP contribution in [0.2, 0.25) is 0 Å². The van der Waals surface area contributed by atoms with Gasteiger partial charge in [-0.2, -0.15) is 0 Å². The van der Waals surface area contributed by atoms with Crippen LogP contribution in [0.3, 0.4) is 0 Å². The Balaban J connectivity index is 1.96. The molecule has 8 heteroatoms. The number of rotatable bonds is 8. The van der Waals surface area contributed by atoms with E-state index in [2.05, 4.69) is 31.1 Å². The van der Waals surface area contributed by atoms with E-state index in [0.717, 1.165) is 38.8 Å². The Morgan fingerprint density at radius 3 is 2.62 bits per heavy atom. The van der Waals surface area contributed by atoms with Crippen LogP contribution in [0.1, 0.15) is 74.1 Å². The molecule has 1 aliphatic rings.